The first kappa shape index (κ1) is 15.7. The number of nitro benzene ring substituents is 1. The highest BCUT2D eigenvalue weighted by atomic mass is 16.6. The first-order valence-electron chi connectivity index (χ1n) is 7.64. The van der Waals surface area contributed by atoms with Crippen molar-refractivity contribution in [2.75, 3.05) is 6.54 Å². The number of carbonyl (C=O) groups is 1. The molecule has 0 aliphatic heterocycles. The molecule has 0 spiro atoms. The highest BCUT2D eigenvalue weighted by Gasteiger charge is 2.10. The largest absolute Gasteiger partial charge is 0.350 e. The monoisotopic (exact) mass is 323 g/mol. The average molecular weight is 323 g/mol. The number of para-hydroxylation sites is 1. The van der Waals surface area contributed by atoms with E-state index in [-0.39, 0.29) is 11.6 Å². The molecule has 24 heavy (non-hydrogen) atoms. The maximum absolute atomic E-state index is 12.1. The van der Waals surface area contributed by atoms with Crippen LogP contribution in [-0.4, -0.2) is 21.9 Å². The third-order valence-electron chi connectivity index (χ3n) is 3.98. The lowest BCUT2D eigenvalue weighted by molar-refractivity contribution is -0.384. The normalized spacial score (nSPS) is 10.7. The van der Waals surface area contributed by atoms with Gasteiger partial charge in [-0.3, -0.25) is 14.9 Å². The predicted octanol–water partition coefficient (Wildman–Crippen LogP) is 3.29. The van der Waals surface area contributed by atoms with Gasteiger partial charge in [-0.15, -0.1) is 0 Å². The third kappa shape index (κ3) is 3.12. The Bertz CT molecular complexity index is 898. The minimum atomic E-state index is -0.485. The molecule has 0 unspecified atom stereocenters. The van der Waals surface area contributed by atoms with Gasteiger partial charge in [0.05, 0.1) is 4.92 Å². The van der Waals surface area contributed by atoms with Crippen molar-refractivity contribution in [3.63, 3.8) is 0 Å². The predicted molar refractivity (Wildman–Crippen MR) is 92.1 cm³/mol. The van der Waals surface area contributed by atoms with Crippen molar-refractivity contribution in [1.82, 2.24) is 9.88 Å². The summed E-state index contributed by atoms with van der Waals surface area (Å²) >= 11 is 0. The second-order valence-electron chi connectivity index (χ2n) is 5.56. The van der Waals surface area contributed by atoms with Crippen LogP contribution in [0.5, 0.6) is 0 Å². The lowest BCUT2D eigenvalue weighted by atomic mass is 10.2. The molecule has 0 radical (unpaired) electrons. The Morgan fingerprint density at radius 3 is 2.58 bits per heavy atom. The first-order valence-corrected chi connectivity index (χ1v) is 7.64. The van der Waals surface area contributed by atoms with Crippen LogP contribution in [0.2, 0.25) is 0 Å². The van der Waals surface area contributed by atoms with E-state index in [1.807, 2.05) is 19.1 Å². The van der Waals surface area contributed by atoms with Crippen LogP contribution in [0.25, 0.3) is 10.9 Å². The SMILES string of the molecule is Cc1cc2ccccc2n1CCNC(=O)c1ccc([N+](=O)[O-])cc1. The van der Waals surface area contributed by atoms with E-state index in [1.165, 1.54) is 29.7 Å². The van der Waals surface area contributed by atoms with Gasteiger partial charge >= 0.3 is 0 Å². The third-order valence-corrected chi connectivity index (χ3v) is 3.98. The Morgan fingerprint density at radius 1 is 1.17 bits per heavy atom. The molecule has 3 rings (SSSR count). The van der Waals surface area contributed by atoms with Crippen molar-refractivity contribution in [3.05, 3.63) is 76.0 Å². The van der Waals surface area contributed by atoms with Crippen molar-refractivity contribution < 1.29 is 9.72 Å². The minimum absolute atomic E-state index is 0.0269. The molecule has 1 N–H and O–H groups in total. The number of fused-ring (bicyclic) bond motifs is 1. The molecular weight excluding hydrogens is 306 g/mol. The van der Waals surface area contributed by atoms with E-state index in [4.69, 9.17) is 0 Å². The quantitative estimate of drug-likeness (QED) is 0.578. The number of hydrogen-bond donors (Lipinski definition) is 1. The Morgan fingerprint density at radius 2 is 1.88 bits per heavy atom. The van der Waals surface area contributed by atoms with Gasteiger partial charge in [0.25, 0.3) is 11.6 Å². The van der Waals surface area contributed by atoms with Gasteiger partial charge in [-0.1, -0.05) is 18.2 Å². The van der Waals surface area contributed by atoms with Crippen LogP contribution in [0, 0.1) is 17.0 Å². The molecule has 0 aliphatic carbocycles. The zero-order chi connectivity index (χ0) is 17.1. The molecule has 0 saturated carbocycles. The van der Waals surface area contributed by atoms with Crippen molar-refractivity contribution in [2.24, 2.45) is 0 Å². The number of rotatable bonds is 5. The molecule has 1 amide bonds. The van der Waals surface area contributed by atoms with Crippen LogP contribution in [0.15, 0.2) is 54.6 Å². The average Bonchev–Trinajstić information content (AvgIpc) is 2.90. The van der Waals surface area contributed by atoms with E-state index in [2.05, 4.69) is 28.1 Å². The first-order chi connectivity index (χ1) is 11.6. The molecule has 0 bridgehead atoms. The van der Waals surface area contributed by atoms with Gasteiger partial charge in [-0.05, 0) is 36.6 Å². The van der Waals surface area contributed by atoms with Crippen molar-refractivity contribution in [1.29, 1.82) is 0 Å². The Kier molecular flexibility index (Phi) is 4.29. The second-order valence-corrected chi connectivity index (χ2v) is 5.56. The Balaban J connectivity index is 1.64. The summed E-state index contributed by atoms with van der Waals surface area (Å²) in [6.07, 6.45) is 0. The summed E-state index contributed by atoms with van der Waals surface area (Å²) < 4.78 is 2.16. The second kappa shape index (κ2) is 6.54. The van der Waals surface area contributed by atoms with Gasteiger partial charge < -0.3 is 9.88 Å². The van der Waals surface area contributed by atoms with Crippen LogP contribution in [0.3, 0.4) is 0 Å². The Hall–Kier alpha value is -3.15. The topological polar surface area (TPSA) is 77.2 Å². The number of amides is 1. The molecular formula is C18H17N3O3. The summed E-state index contributed by atoms with van der Waals surface area (Å²) in [6.45, 7) is 3.19. The summed E-state index contributed by atoms with van der Waals surface area (Å²) in [5.74, 6) is -0.237. The standard InChI is InChI=1S/C18H17N3O3/c1-13-12-15-4-2-3-5-17(15)20(13)11-10-19-18(22)14-6-8-16(9-7-14)21(23)24/h2-9,12H,10-11H2,1H3,(H,19,22). The molecule has 0 aliphatic rings. The number of aryl methyl sites for hydroxylation is 1. The highest BCUT2D eigenvalue weighted by molar-refractivity contribution is 5.94. The van der Waals surface area contributed by atoms with Gasteiger partial charge in [0.1, 0.15) is 0 Å². The van der Waals surface area contributed by atoms with E-state index in [0.29, 0.717) is 18.7 Å². The number of aromatic nitrogens is 1. The van der Waals surface area contributed by atoms with Gasteiger partial charge in [0, 0.05) is 42.0 Å². The number of hydrogen-bond acceptors (Lipinski definition) is 3. The van der Waals surface area contributed by atoms with Crippen molar-refractivity contribution in [2.45, 2.75) is 13.5 Å². The van der Waals surface area contributed by atoms with Crippen LogP contribution in [-0.2, 0) is 6.54 Å². The van der Waals surface area contributed by atoms with Crippen LogP contribution in [0.4, 0.5) is 5.69 Å². The molecule has 3 aromatic rings. The van der Waals surface area contributed by atoms with Crippen LogP contribution < -0.4 is 5.32 Å². The van der Waals surface area contributed by atoms with Crippen molar-refractivity contribution >= 4 is 22.5 Å². The lowest BCUT2D eigenvalue weighted by Gasteiger charge is -2.10. The van der Waals surface area contributed by atoms with Crippen LogP contribution in [0.1, 0.15) is 16.1 Å². The number of carbonyl (C=O) groups excluding carboxylic acids is 1. The molecule has 0 saturated heterocycles. The smallest absolute Gasteiger partial charge is 0.269 e. The summed E-state index contributed by atoms with van der Waals surface area (Å²) in [4.78, 5) is 22.3. The maximum Gasteiger partial charge on any atom is 0.269 e. The fraction of sp³-hybridized carbons (Fsp3) is 0.167. The zero-order valence-corrected chi connectivity index (χ0v) is 13.2. The Labute approximate surface area is 138 Å². The van der Waals surface area contributed by atoms with Gasteiger partial charge in [-0.25, -0.2) is 0 Å². The number of nitro groups is 1. The van der Waals surface area contributed by atoms with Gasteiger partial charge in [0.15, 0.2) is 0 Å². The van der Waals surface area contributed by atoms with E-state index in [0.717, 1.165) is 11.2 Å². The molecule has 1 heterocycles. The summed E-state index contributed by atoms with van der Waals surface area (Å²) in [5, 5.41) is 14.7. The molecule has 6 heteroatoms. The summed E-state index contributed by atoms with van der Waals surface area (Å²) in [6, 6.07) is 15.8. The van der Waals surface area contributed by atoms with Gasteiger partial charge in [-0.2, -0.15) is 0 Å². The number of non-ortho nitro benzene ring substituents is 1. The number of nitrogens with zero attached hydrogens (tertiary/aromatic N) is 2. The molecule has 6 nitrogen and oxygen atoms in total. The summed E-state index contributed by atoms with van der Waals surface area (Å²) in [7, 11) is 0. The number of nitrogens with one attached hydrogen (secondary N) is 1. The maximum atomic E-state index is 12.1. The fourth-order valence-electron chi connectivity index (χ4n) is 2.76. The fourth-order valence-corrected chi connectivity index (χ4v) is 2.76. The molecule has 122 valence electrons. The molecule has 2 aromatic carbocycles. The molecule has 1 aromatic heterocycles. The molecule has 0 fully saturated rings. The zero-order valence-electron chi connectivity index (χ0n) is 13.2. The van der Waals surface area contributed by atoms with Gasteiger partial charge in [0.2, 0.25) is 0 Å². The van der Waals surface area contributed by atoms with Crippen molar-refractivity contribution in [3.8, 4) is 0 Å². The number of benzene rings is 2. The minimum Gasteiger partial charge on any atom is -0.350 e. The van der Waals surface area contributed by atoms with E-state index >= 15 is 0 Å². The van der Waals surface area contributed by atoms with E-state index in [9.17, 15) is 14.9 Å². The van der Waals surface area contributed by atoms with Crippen LogP contribution >= 0.6 is 0 Å². The highest BCUT2D eigenvalue weighted by Crippen LogP contribution is 2.18. The van der Waals surface area contributed by atoms with E-state index < -0.39 is 4.92 Å². The van der Waals surface area contributed by atoms with E-state index in [1.54, 1.807) is 0 Å². The molecule has 0 atom stereocenters. The summed E-state index contributed by atoms with van der Waals surface area (Å²) in [5.41, 5.74) is 2.66. The lowest BCUT2D eigenvalue weighted by Crippen LogP contribution is -2.27.